The summed E-state index contributed by atoms with van der Waals surface area (Å²) in [6.45, 7) is 4.27. The first kappa shape index (κ1) is 8.07. The van der Waals surface area contributed by atoms with Gasteiger partial charge in [0.1, 0.15) is 6.73 Å². The van der Waals surface area contributed by atoms with E-state index in [-0.39, 0.29) is 0 Å². The zero-order valence-electron chi connectivity index (χ0n) is 7.09. The largest absolute Gasteiger partial charge is 0.396 e. The summed E-state index contributed by atoms with van der Waals surface area (Å²) in [4.78, 5) is 0. The first-order valence-electron chi connectivity index (χ1n) is 3.45. The highest BCUT2D eigenvalue weighted by atomic mass is 16.5. The molecule has 0 aromatic carbocycles. The van der Waals surface area contributed by atoms with E-state index < -0.39 is 0 Å². The molecule has 0 spiro atoms. The third kappa shape index (κ3) is 1.35. The third-order valence-corrected chi connectivity index (χ3v) is 1.69. The fourth-order valence-corrected chi connectivity index (χ4v) is 0.959. The van der Waals surface area contributed by atoms with Crippen LogP contribution in [-0.2, 0) is 11.5 Å². The van der Waals surface area contributed by atoms with Crippen molar-refractivity contribution >= 4 is 5.69 Å². The maximum Gasteiger partial charge on any atom is 0.139 e. The number of ether oxygens (including phenoxy) is 1. The van der Waals surface area contributed by atoms with Gasteiger partial charge in [0.25, 0.3) is 0 Å². The predicted octanol–water partition coefficient (Wildman–Crippen LogP) is 0.686. The topological polar surface area (TPSA) is 53.1 Å². The SMILES string of the molecule is COCn1nc(C)c(N)c1C. The fourth-order valence-electron chi connectivity index (χ4n) is 0.959. The van der Waals surface area contributed by atoms with E-state index in [0.717, 1.165) is 17.1 Å². The van der Waals surface area contributed by atoms with Crippen molar-refractivity contribution in [1.82, 2.24) is 9.78 Å². The van der Waals surface area contributed by atoms with Crippen LogP contribution in [0.25, 0.3) is 0 Å². The Morgan fingerprint density at radius 3 is 2.55 bits per heavy atom. The Labute approximate surface area is 66.0 Å². The highest BCUT2D eigenvalue weighted by molar-refractivity contribution is 5.46. The lowest BCUT2D eigenvalue weighted by Gasteiger charge is -2.00. The molecular formula is C7H13N3O. The second-order valence-corrected chi connectivity index (χ2v) is 2.50. The first-order valence-corrected chi connectivity index (χ1v) is 3.45. The van der Waals surface area contributed by atoms with Crippen molar-refractivity contribution in [3.63, 3.8) is 0 Å². The second kappa shape index (κ2) is 2.92. The first-order chi connectivity index (χ1) is 5.16. The van der Waals surface area contributed by atoms with Crippen LogP contribution < -0.4 is 5.73 Å². The molecule has 0 amide bonds. The van der Waals surface area contributed by atoms with E-state index in [1.807, 2.05) is 13.8 Å². The molecule has 1 aromatic rings. The van der Waals surface area contributed by atoms with Gasteiger partial charge in [-0.1, -0.05) is 0 Å². The molecule has 0 bridgehead atoms. The van der Waals surface area contributed by atoms with Gasteiger partial charge in [-0.25, -0.2) is 4.68 Å². The Morgan fingerprint density at radius 2 is 2.18 bits per heavy atom. The Bertz CT molecular complexity index is 254. The molecule has 0 aliphatic carbocycles. The molecule has 0 radical (unpaired) electrons. The van der Waals surface area contributed by atoms with Crippen LogP contribution in [0.5, 0.6) is 0 Å². The summed E-state index contributed by atoms with van der Waals surface area (Å²) in [7, 11) is 1.63. The minimum atomic E-state index is 0.462. The molecule has 0 saturated carbocycles. The number of aryl methyl sites for hydroxylation is 1. The van der Waals surface area contributed by atoms with Crippen LogP contribution in [0.4, 0.5) is 5.69 Å². The number of nitrogens with two attached hydrogens (primary N) is 1. The van der Waals surface area contributed by atoms with Gasteiger partial charge < -0.3 is 10.5 Å². The van der Waals surface area contributed by atoms with E-state index in [1.165, 1.54) is 0 Å². The van der Waals surface area contributed by atoms with Crippen LogP contribution in [0.3, 0.4) is 0 Å². The summed E-state index contributed by atoms with van der Waals surface area (Å²) in [5.74, 6) is 0. The van der Waals surface area contributed by atoms with Gasteiger partial charge in [0.05, 0.1) is 17.1 Å². The van der Waals surface area contributed by atoms with Gasteiger partial charge in [-0.2, -0.15) is 5.10 Å². The molecular weight excluding hydrogens is 142 g/mol. The molecule has 0 atom stereocenters. The van der Waals surface area contributed by atoms with Gasteiger partial charge in [-0.3, -0.25) is 0 Å². The lowest BCUT2D eigenvalue weighted by molar-refractivity contribution is 0.118. The van der Waals surface area contributed by atoms with E-state index in [4.69, 9.17) is 10.5 Å². The summed E-state index contributed by atoms with van der Waals surface area (Å²) in [5.41, 5.74) is 8.27. The van der Waals surface area contributed by atoms with Gasteiger partial charge in [-0.15, -0.1) is 0 Å². The molecule has 1 rings (SSSR count). The van der Waals surface area contributed by atoms with Gasteiger partial charge >= 0.3 is 0 Å². The molecule has 0 fully saturated rings. The number of anilines is 1. The number of rotatable bonds is 2. The lowest BCUT2D eigenvalue weighted by Crippen LogP contribution is -2.04. The molecule has 0 aliphatic heterocycles. The number of hydrogen-bond acceptors (Lipinski definition) is 3. The normalized spacial score (nSPS) is 10.5. The van der Waals surface area contributed by atoms with Crippen molar-refractivity contribution in [2.24, 2.45) is 0 Å². The Hall–Kier alpha value is -1.03. The van der Waals surface area contributed by atoms with Gasteiger partial charge in [0.15, 0.2) is 0 Å². The van der Waals surface area contributed by atoms with Crippen LogP contribution in [0.15, 0.2) is 0 Å². The summed E-state index contributed by atoms with van der Waals surface area (Å²) < 4.78 is 6.66. The fraction of sp³-hybridized carbons (Fsp3) is 0.571. The molecule has 0 aliphatic rings. The van der Waals surface area contributed by atoms with Crippen molar-refractivity contribution in [1.29, 1.82) is 0 Å². The highest BCUT2D eigenvalue weighted by Gasteiger charge is 2.06. The van der Waals surface area contributed by atoms with Gasteiger partial charge in [0, 0.05) is 7.11 Å². The van der Waals surface area contributed by atoms with Crippen molar-refractivity contribution in [2.75, 3.05) is 12.8 Å². The highest BCUT2D eigenvalue weighted by Crippen LogP contribution is 2.13. The number of nitrogen functional groups attached to an aromatic ring is 1. The maximum atomic E-state index is 5.69. The van der Waals surface area contributed by atoms with Crippen molar-refractivity contribution in [3.8, 4) is 0 Å². The Kier molecular flexibility index (Phi) is 2.14. The average Bonchev–Trinajstić information content (AvgIpc) is 2.19. The van der Waals surface area contributed by atoms with Crippen molar-refractivity contribution in [2.45, 2.75) is 20.6 Å². The summed E-state index contributed by atoms with van der Waals surface area (Å²) in [6, 6.07) is 0. The minimum Gasteiger partial charge on any atom is -0.396 e. The van der Waals surface area contributed by atoms with Crippen LogP contribution in [0.1, 0.15) is 11.4 Å². The van der Waals surface area contributed by atoms with E-state index >= 15 is 0 Å². The maximum absolute atomic E-state index is 5.69. The molecule has 1 aromatic heterocycles. The number of aromatic nitrogens is 2. The molecule has 1 heterocycles. The summed E-state index contributed by atoms with van der Waals surface area (Å²) in [5, 5.41) is 4.17. The second-order valence-electron chi connectivity index (χ2n) is 2.50. The molecule has 62 valence electrons. The van der Waals surface area contributed by atoms with E-state index in [2.05, 4.69) is 5.10 Å². The summed E-state index contributed by atoms with van der Waals surface area (Å²) in [6.07, 6.45) is 0. The molecule has 0 saturated heterocycles. The van der Waals surface area contributed by atoms with E-state index in [9.17, 15) is 0 Å². The molecule has 0 unspecified atom stereocenters. The van der Waals surface area contributed by atoms with Crippen LogP contribution in [-0.4, -0.2) is 16.9 Å². The molecule has 4 heteroatoms. The van der Waals surface area contributed by atoms with E-state index in [0.29, 0.717) is 6.73 Å². The smallest absolute Gasteiger partial charge is 0.139 e. The molecule has 11 heavy (non-hydrogen) atoms. The quantitative estimate of drug-likeness (QED) is 0.683. The number of methoxy groups -OCH3 is 1. The third-order valence-electron chi connectivity index (χ3n) is 1.69. The van der Waals surface area contributed by atoms with Gasteiger partial charge in [0.2, 0.25) is 0 Å². The van der Waals surface area contributed by atoms with Crippen molar-refractivity contribution < 1.29 is 4.74 Å². The van der Waals surface area contributed by atoms with Gasteiger partial charge in [-0.05, 0) is 13.8 Å². The van der Waals surface area contributed by atoms with Crippen LogP contribution >= 0.6 is 0 Å². The molecule has 4 nitrogen and oxygen atoms in total. The van der Waals surface area contributed by atoms with Crippen LogP contribution in [0, 0.1) is 13.8 Å². The standard InChI is InChI=1S/C7H13N3O/c1-5-7(8)6(2)10(9-5)4-11-3/h4,8H2,1-3H3. The van der Waals surface area contributed by atoms with E-state index in [1.54, 1.807) is 11.8 Å². The summed E-state index contributed by atoms with van der Waals surface area (Å²) >= 11 is 0. The minimum absolute atomic E-state index is 0.462. The Balaban J connectivity index is 2.98. The predicted molar refractivity (Wildman–Crippen MR) is 43.1 cm³/mol. The molecule has 2 N–H and O–H groups in total. The number of hydrogen-bond donors (Lipinski definition) is 1. The average molecular weight is 155 g/mol. The zero-order valence-corrected chi connectivity index (χ0v) is 7.09. The van der Waals surface area contributed by atoms with Crippen LogP contribution in [0.2, 0.25) is 0 Å². The monoisotopic (exact) mass is 155 g/mol. The zero-order chi connectivity index (χ0) is 8.43. The number of nitrogens with zero attached hydrogens (tertiary/aromatic N) is 2. The Morgan fingerprint density at radius 1 is 1.55 bits per heavy atom. The van der Waals surface area contributed by atoms with Crippen molar-refractivity contribution in [3.05, 3.63) is 11.4 Å². The lowest BCUT2D eigenvalue weighted by atomic mass is 10.3.